The number of amides is 1. The lowest BCUT2D eigenvalue weighted by molar-refractivity contribution is -0.141. The van der Waals surface area contributed by atoms with Crippen molar-refractivity contribution in [3.63, 3.8) is 0 Å². The van der Waals surface area contributed by atoms with Crippen LogP contribution in [0.1, 0.15) is 67.2 Å². The van der Waals surface area contributed by atoms with Gasteiger partial charge in [-0.2, -0.15) is 13.2 Å². The second kappa shape index (κ2) is 8.64. The van der Waals surface area contributed by atoms with E-state index in [9.17, 15) is 22.8 Å². The lowest BCUT2D eigenvalue weighted by Gasteiger charge is -2.20. The molecule has 1 fully saturated rings. The van der Waals surface area contributed by atoms with Gasteiger partial charge in [-0.05, 0) is 19.3 Å². The van der Waals surface area contributed by atoms with Crippen molar-refractivity contribution in [3.8, 4) is 0 Å². The molecule has 2 rings (SSSR count). The highest BCUT2D eigenvalue weighted by molar-refractivity contribution is 7.17. The monoisotopic (exact) mass is 378 g/mol. The fourth-order valence-electron chi connectivity index (χ4n) is 2.89. The Hall–Kier alpha value is -1.64. The number of nitrogens with zero attached hydrogens (tertiary/aromatic N) is 1. The minimum absolute atomic E-state index is 0.0445. The number of hydrogen-bond acceptors (Lipinski definition) is 5. The van der Waals surface area contributed by atoms with Gasteiger partial charge in [0.25, 0.3) is 0 Å². The third-order valence-electron chi connectivity index (χ3n) is 4.11. The molecule has 1 aromatic heterocycles. The first-order chi connectivity index (χ1) is 11.8. The van der Waals surface area contributed by atoms with Gasteiger partial charge in [0, 0.05) is 6.42 Å². The van der Waals surface area contributed by atoms with Crippen molar-refractivity contribution in [3.05, 3.63) is 10.6 Å². The quantitative estimate of drug-likeness (QED) is 0.733. The van der Waals surface area contributed by atoms with Gasteiger partial charge in [-0.15, -0.1) is 0 Å². The van der Waals surface area contributed by atoms with E-state index in [1.54, 1.807) is 0 Å². The molecule has 0 bridgehead atoms. The van der Waals surface area contributed by atoms with Crippen LogP contribution in [-0.2, 0) is 15.7 Å². The van der Waals surface area contributed by atoms with E-state index >= 15 is 0 Å². The van der Waals surface area contributed by atoms with E-state index in [1.807, 2.05) is 0 Å². The predicted octanol–water partition coefficient (Wildman–Crippen LogP) is 4.64. The van der Waals surface area contributed by atoms with Crippen LogP contribution in [0.25, 0.3) is 0 Å². The number of halogens is 3. The summed E-state index contributed by atoms with van der Waals surface area (Å²) in [7, 11) is 0. The molecule has 0 aliphatic heterocycles. The predicted molar refractivity (Wildman–Crippen MR) is 87.5 cm³/mol. The summed E-state index contributed by atoms with van der Waals surface area (Å²) < 4.78 is 43.7. The van der Waals surface area contributed by atoms with Crippen molar-refractivity contribution in [2.24, 2.45) is 5.92 Å². The van der Waals surface area contributed by atoms with Crippen LogP contribution >= 0.6 is 11.3 Å². The summed E-state index contributed by atoms with van der Waals surface area (Å²) in [5, 5.41) is 2.14. The van der Waals surface area contributed by atoms with Crippen molar-refractivity contribution in [2.75, 3.05) is 11.9 Å². The molecular formula is C16H21F3N2O3S. The third kappa shape index (κ3) is 5.69. The Morgan fingerprint density at radius 3 is 2.56 bits per heavy atom. The number of ether oxygens (including phenoxy) is 1. The van der Waals surface area contributed by atoms with Gasteiger partial charge in [0.1, 0.15) is 4.88 Å². The summed E-state index contributed by atoms with van der Waals surface area (Å²) in [6.45, 7) is 1.46. The number of nitrogens with one attached hydrogen (secondary N) is 1. The van der Waals surface area contributed by atoms with E-state index in [4.69, 9.17) is 0 Å². The van der Waals surface area contributed by atoms with Crippen LogP contribution in [0.4, 0.5) is 18.3 Å². The molecule has 1 heterocycles. The van der Waals surface area contributed by atoms with Crippen molar-refractivity contribution in [1.29, 1.82) is 0 Å². The van der Waals surface area contributed by atoms with Gasteiger partial charge in [0.05, 0.1) is 6.61 Å². The van der Waals surface area contributed by atoms with Crippen LogP contribution in [0.3, 0.4) is 0 Å². The third-order valence-corrected chi connectivity index (χ3v) is 5.06. The summed E-state index contributed by atoms with van der Waals surface area (Å²) in [4.78, 5) is 26.4. The molecule has 5 nitrogen and oxygen atoms in total. The molecule has 0 aromatic carbocycles. The number of carbonyl (C=O) groups excluding carboxylic acids is 2. The maximum atomic E-state index is 13.0. The maximum absolute atomic E-state index is 13.0. The van der Waals surface area contributed by atoms with Crippen LogP contribution < -0.4 is 5.32 Å². The first-order valence-electron chi connectivity index (χ1n) is 8.36. The van der Waals surface area contributed by atoms with Gasteiger partial charge in [-0.1, -0.05) is 43.4 Å². The second-order valence-corrected chi connectivity index (χ2v) is 7.00. The van der Waals surface area contributed by atoms with Crippen LogP contribution in [0, 0.1) is 5.92 Å². The lowest BCUT2D eigenvalue weighted by atomic mass is 9.86. The highest BCUT2D eigenvalue weighted by Gasteiger charge is 2.40. The number of hydrogen-bond donors (Lipinski definition) is 1. The molecule has 140 valence electrons. The zero-order valence-corrected chi connectivity index (χ0v) is 14.8. The minimum atomic E-state index is -4.79. The Balaban J connectivity index is 2.00. The number of rotatable bonds is 6. The Labute approximate surface area is 148 Å². The van der Waals surface area contributed by atoms with Crippen molar-refractivity contribution in [2.45, 2.75) is 58.0 Å². The average molecular weight is 378 g/mol. The fourth-order valence-corrected chi connectivity index (χ4v) is 3.79. The average Bonchev–Trinajstić information content (AvgIpc) is 2.98. The van der Waals surface area contributed by atoms with Gasteiger partial charge in [-0.3, -0.25) is 4.79 Å². The Morgan fingerprint density at radius 1 is 1.28 bits per heavy atom. The molecule has 0 radical (unpaired) electrons. The molecule has 0 atom stereocenters. The minimum Gasteiger partial charge on any atom is -0.462 e. The molecule has 1 N–H and O–H groups in total. The summed E-state index contributed by atoms with van der Waals surface area (Å²) in [5.41, 5.74) is -1.32. The van der Waals surface area contributed by atoms with Crippen LogP contribution in [0.15, 0.2) is 0 Å². The molecule has 1 aromatic rings. The molecule has 1 saturated carbocycles. The zero-order chi connectivity index (χ0) is 18.4. The first kappa shape index (κ1) is 19.7. The van der Waals surface area contributed by atoms with E-state index in [0.717, 1.165) is 25.7 Å². The van der Waals surface area contributed by atoms with E-state index < -0.39 is 22.7 Å². The standard InChI is InChI=1S/C16H21F3N2O3S/c1-2-24-14(23)12-13(16(17,18)19)21-15(25-12)20-11(22)9-8-10-6-4-3-5-7-10/h10H,2-9H2,1H3,(H,20,21,22). The number of esters is 1. The highest BCUT2D eigenvalue weighted by atomic mass is 32.1. The summed E-state index contributed by atoms with van der Waals surface area (Å²) in [6.07, 6.45) is 1.90. The lowest BCUT2D eigenvalue weighted by Crippen LogP contribution is -2.15. The molecule has 25 heavy (non-hydrogen) atoms. The van der Waals surface area contributed by atoms with Gasteiger partial charge >= 0.3 is 12.1 Å². The van der Waals surface area contributed by atoms with Gasteiger partial charge in [-0.25, -0.2) is 9.78 Å². The van der Waals surface area contributed by atoms with Gasteiger partial charge < -0.3 is 10.1 Å². The van der Waals surface area contributed by atoms with Crippen molar-refractivity contribution < 1.29 is 27.5 Å². The Morgan fingerprint density at radius 2 is 1.96 bits per heavy atom. The van der Waals surface area contributed by atoms with Crippen LogP contribution in [-0.4, -0.2) is 23.5 Å². The molecule has 0 unspecified atom stereocenters. The number of alkyl halides is 3. The molecule has 0 spiro atoms. The molecule has 1 amide bonds. The number of aromatic nitrogens is 1. The number of anilines is 1. The van der Waals surface area contributed by atoms with Gasteiger partial charge in [0.2, 0.25) is 5.91 Å². The first-order valence-corrected chi connectivity index (χ1v) is 9.18. The Kier molecular flexibility index (Phi) is 6.80. The van der Waals surface area contributed by atoms with E-state index in [0.29, 0.717) is 23.7 Å². The second-order valence-electron chi connectivity index (χ2n) is 6.01. The van der Waals surface area contributed by atoms with Crippen LogP contribution in [0.5, 0.6) is 0 Å². The van der Waals surface area contributed by atoms with E-state index in [-0.39, 0.29) is 24.1 Å². The summed E-state index contributed by atoms with van der Waals surface area (Å²) in [6, 6.07) is 0. The topological polar surface area (TPSA) is 68.3 Å². The molecule has 1 aliphatic carbocycles. The zero-order valence-electron chi connectivity index (χ0n) is 13.9. The number of thiazole rings is 1. The fraction of sp³-hybridized carbons (Fsp3) is 0.688. The summed E-state index contributed by atoms with van der Waals surface area (Å²) in [5.74, 6) is -0.977. The largest absolute Gasteiger partial charge is 0.462 e. The van der Waals surface area contributed by atoms with Crippen LogP contribution in [0.2, 0.25) is 0 Å². The molecular weight excluding hydrogens is 357 g/mol. The van der Waals surface area contributed by atoms with Crippen molar-refractivity contribution >= 4 is 28.3 Å². The van der Waals surface area contributed by atoms with E-state index in [1.165, 1.54) is 13.3 Å². The molecule has 9 heteroatoms. The smallest absolute Gasteiger partial charge is 0.435 e. The SMILES string of the molecule is CCOC(=O)c1sc(NC(=O)CCC2CCCCC2)nc1C(F)(F)F. The normalized spacial score (nSPS) is 15.8. The van der Waals surface area contributed by atoms with Gasteiger partial charge in [0.15, 0.2) is 10.8 Å². The van der Waals surface area contributed by atoms with E-state index in [2.05, 4.69) is 15.0 Å². The number of carbonyl (C=O) groups is 2. The van der Waals surface area contributed by atoms with Crippen molar-refractivity contribution in [1.82, 2.24) is 4.98 Å². The Bertz CT molecular complexity index is 610. The maximum Gasteiger partial charge on any atom is 0.435 e. The molecule has 1 aliphatic rings. The molecule has 0 saturated heterocycles. The summed E-state index contributed by atoms with van der Waals surface area (Å²) >= 11 is 0.487. The highest BCUT2D eigenvalue weighted by Crippen LogP contribution is 2.36.